The number of aliphatic imine (C=N–C) groups is 1. The van der Waals surface area contributed by atoms with Crippen molar-refractivity contribution in [1.29, 1.82) is 0 Å². The highest BCUT2D eigenvalue weighted by molar-refractivity contribution is 7.90. The van der Waals surface area contributed by atoms with Crippen LogP contribution in [-0.2, 0) is 14.8 Å². The van der Waals surface area contributed by atoms with Gasteiger partial charge in [-0.15, -0.1) is 0 Å². The predicted molar refractivity (Wildman–Crippen MR) is 99.8 cm³/mol. The third kappa shape index (κ3) is 4.44. The van der Waals surface area contributed by atoms with E-state index in [1.165, 1.54) is 12.1 Å². The summed E-state index contributed by atoms with van der Waals surface area (Å²) in [6.07, 6.45) is -0.0385. The average Bonchev–Trinajstić information content (AvgIpc) is 2.90. The largest absolute Gasteiger partial charge is 0.273 e. The molecule has 2 aromatic rings. The smallest absolute Gasteiger partial charge is 0.269 e. The number of halogens is 1. The lowest BCUT2D eigenvalue weighted by Crippen LogP contribution is -2.41. The molecule has 0 saturated heterocycles. The fourth-order valence-corrected chi connectivity index (χ4v) is 3.85. The highest BCUT2D eigenvalue weighted by Gasteiger charge is 2.29. The van der Waals surface area contributed by atoms with Gasteiger partial charge in [0.05, 0.1) is 11.4 Å². The molecule has 2 amide bonds. The minimum Gasteiger partial charge on any atom is -0.273 e. The second-order valence-corrected chi connectivity index (χ2v) is 7.68. The standard InChI is InChI=1S/C17H15ClN4O4S/c18-12-5-3-4-11(10-12)17(24)21-20-15(23)8-9-19-16-13-6-1-2-7-14(13)27(25,26)22-16/h1-7,10H,8-9H2,(H,19,22)(H,20,23)(H,21,24). The summed E-state index contributed by atoms with van der Waals surface area (Å²) < 4.78 is 26.3. The van der Waals surface area contributed by atoms with Gasteiger partial charge in [-0.1, -0.05) is 29.8 Å². The Labute approximate surface area is 160 Å². The number of fused-ring (bicyclic) bond motifs is 1. The number of sulfonamides is 1. The predicted octanol–water partition coefficient (Wildman–Crippen LogP) is 1.23. The number of rotatable bonds is 4. The molecule has 0 aliphatic carbocycles. The lowest BCUT2D eigenvalue weighted by atomic mass is 10.2. The van der Waals surface area contributed by atoms with Crippen LogP contribution in [0.4, 0.5) is 0 Å². The first-order valence-corrected chi connectivity index (χ1v) is 9.74. The van der Waals surface area contributed by atoms with Crippen molar-refractivity contribution in [3.8, 4) is 0 Å². The molecule has 0 bridgehead atoms. The van der Waals surface area contributed by atoms with E-state index in [-0.39, 0.29) is 23.7 Å². The fourth-order valence-electron chi connectivity index (χ4n) is 2.41. The van der Waals surface area contributed by atoms with Crippen molar-refractivity contribution in [3.05, 3.63) is 64.7 Å². The van der Waals surface area contributed by atoms with Crippen molar-refractivity contribution < 1.29 is 18.0 Å². The van der Waals surface area contributed by atoms with E-state index in [1.807, 2.05) is 0 Å². The molecule has 0 atom stereocenters. The summed E-state index contributed by atoms with van der Waals surface area (Å²) in [6, 6.07) is 12.7. The number of hydrogen-bond acceptors (Lipinski definition) is 5. The molecule has 1 aliphatic heterocycles. The maximum absolute atomic E-state index is 12.0. The summed E-state index contributed by atoms with van der Waals surface area (Å²) in [4.78, 5) is 28.0. The SMILES string of the molecule is O=C(CCN=C1NS(=O)(=O)c2ccccc21)NNC(=O)c1cccc(Cl)c1. The van der Waals surface area contributed by atoms with Gasteiger partial charge in [0, 0.05) is 22.6 Å². The summed E-state index contributed by atoms with van der Waals surface area (Å²) in [5.74, 6) is -0.778. The van der Waals surface area contributed by atoms with Gasteiger partial charge in [-0.3, -0.25) is 30.2 Å². The van der Waals surface area contributed by atoms with Crippen LogP contribution in [0.3, 0.4) is 0 Å². The molecule has 10 heteroatoms. The summed E-state index contributed by atoms with van der Waals surface area (Å²) in [6.45, 7) is 0.0467. The van der Waals surface area contributed by atoms with Gasteiger partial charge in [-0.2, -0.15) is 0 Å². The third-order valence-corrected chi connectivity index (χ3v) is 5.31. The zero-order valence-corrected chi connectivity index (χ0v) is 15.5. The van der Waals surface area contributed by atoms with Crippen molar-refractivity contribution in [3.63, 3.8) is 0 Å². The summed E-state index contributed by atoms with van der Waals surface area (Å²) in [5, 5.41) is 0.407. The molecule has 0 unspecified atom stereocenters. The molecule has 0 saturated carbocycles. The third-order valence-electron chi connectivity index (χ3n) is 3.67. The molecule has 3 rings (SSSR count). The number of nitrogens with one attached hydrogen (secondary N) is 3. The van der Waals surface area contributed by atoms with E-state index in [2.05, 4.69) is 20.6 Å². The average molecular weight is 407 g/mol. The monoisotopic (exact) mass is 406 g/mol. The Morgan fingerprint density at radius 2 is 1.85 bits per heavy atom. The summed E-state index contributed by atoms with van der Waals surface area (Å²) in [7, 11) is -3.61. The molecule has 3 N–H and O–H groups in total. The topological polar surface area (TPSA) is 117 Å². The molecular formula is C17H15ClN4O4S. The zero-order valence-electron chi connectivity index (χ0n) is 13.9. The Hall–Kier alpha value is -2.91. The van der Waals surface area contributed by atoms with E-state index in [4.69, 9.17) is 11.6 Å². The van der Waals surface area contributed by atoms with Crippen molar-refractivity contribution in [1.82, 2.24) is 15.6 Å². The van der Waals surface area contributed by atoms with Gasteiger partial charge in [0.25, 0.3) is 15.9 Å². The Morgan fingerprint density at radius 3 is 2.63 bits per heavy atom. The second kappa shape index (κ2) is 7.77. The lowest BCUT2D eigenvalue weighted by molar-refractivity contribution is -0.121. The van der Waals surface area contributed by atoms with Crippen LogP contribution in [0, 0.1) is 0 Å². The van der Waals surface area contributed by atoms with Gasteiger partial charge in [-0.05, 0) is 30.3 Å². The first-order chi connectivity index (χ1) is 12.9. The van der Waals surface area contributed by atoms with E-state index in [1.54, 1.807) is 36.4 Å². The molecule has 0 aromatic heterocycles. The van der Waals surface area contributed by atoms with Gasteiger partial charge in [-0.25, -0.2) is 8.42 Å². The number of amides is 2. The molecule has 0 radical (unpaired) electrons. The molecule has 1 heterocycles. The number of amidine groups is 1. The molecule has 0 fully saturated rings. The maximum atomic E-state index is 12.0. The van der Waals surface area contributed by atoms with Gasteiger partial charge >= 0.3 is 0 Å². The number of hydrogen-bond donors (Lipinski definition) is 3. The minimum atomic E-state index is -3.61. The Kier molecular flexibility index (Phi) is 5.43. The molecule has 27 heavy (non-hydrogen) atoms. The van der Waals surface area contributed by atoms with Crippen LogP contribution < -0.4 is 15.6 Å². The van der Waals surface area contributed by atoms with Crippen LogP contribution in [0.25, 0.3) is 0 Å². The van der Waals surface area contributed by atoms with Crippen molar-refractivity contribution >= 4 is 39.3 Å². The molecule has 8 nitrogen and oxygen atoms in total. The molecular weight excluding hydrogens is 392 g/mol. The van der Waals surface area contributed by atoms with Crippen LogP contribution in [-0.4, -0.2) is 32.6 Å². The van der Waals surface area contributed by atoms with Crippen LogP contribution in [0.5, 0.6) is 0 Å². The number of carbonyl (C=O) groups is 2. The van der Waals surface area contributed by atoms with Gasteiger partial charge in [0.2, 0.25) is 5.91 Å². The highest BCUT2D eigenvalue weighted by Crippen LogP contribution is 2.22. The van der Waals surface area contributed by atoms with Crippen molar-refractivity contribution in [2.24, 2.45) is 4.99 Å². The number of carbonyl (C=O) groups excluding carboxylic acids is 2. The molecule has 1 aliphatic rings. The maximum Gasteiger partial charge on any atom is 0.269 e. The van der Waals surface area contributed by atoms with Gasteiger partial charge in [0.15, 0.2) is 0 Å². The quantitative estimate of drug-likeness (QED) is 0.662. The van der Waals surface area contributed by atoms with Crippen molar-refractivity contribution in [2.75, 3.05) is 6.54 Å². The molecule has 2 aromatic carbocycles. The van der Waals surface area contributed by atoms with Crippen LogP contribution in [0.1, 0.15) is 22.3 Å². The minimum absolute atomic E-state index is 0.0385. The van der Waals surface area contributed by atoms with E-state index in [0.717, 1.165) is 0 Å². The normalized spacial score (nSPS) is 15.7. The van der Waals surface area contributed by atoms with Crippen LogP contribution in [0.15, 0.2) is 58.4 Å². The van der Waals surface area contributed by atoms with E-state index >= 15 is 0 Å². The Balaban J connectivity index is 1.53. The zero-order chi connectivity index (χ0) is 19.4. The Bertz CT molecular complexity index is 1040. The Morgan fingerprint density at radius 1 is 1.07 bits per heavy atom. The molecule has 140 valence electrons. The lowest BCUT2D eigenvalue weighted by Gasteiger charge is -2.07. The second-order valence-electron chi connectivity index (χ2n) is 5.59. The van der Waals surface area contributed by atoms with E-state index in [0.29, 0.717) is 16.1 Å². The molecule has 0 spiro atoms. The summed E-state index contributed by atoms with van der Waals surface area (Å²) in [5.41, 5.74) is 5.32. The van der Waals surface area contributed by atoms with Crippen LogP contribution in [0.2, 0.25) is 5.02 Å². The first kappa shape index (κ1) is 18.9. The van der Waals surface area contributed by atoms with Gasteiger partial charge < -0.3 is 0 Å². The van der Waals surface area contributed by atoms with E-state index in [9.17, 15) is 18.0 Å². The highest BCUT2D eigenvalue weighted by atomic mass is 35.5. The fraction of sp³-hybridized carbons (Fsp3) is 0.118. The summed E-state index contributed by atoms with van der Waals surface area (Å²) >= 11 is 5.81. The van der Waals surface area contributed by atoms with Crippen molar-refractivity contribution in [2.45, 2.75) is 11.3 Å². The first-order valence-electron chi connectivity index (χ1n) is 7.88. The van der Waals surface area contributed by atoms with Gasteiger partial charge in [0.1, 0.15) is 5.84 Å². The van der Waals surface area contributed by atoms with E-state index < -0.39 is 21.8 Å². The number of benzene rings is 2. The number of nitrogens with zero attached hydrogens (tertiary/aromatic N) is 1. The number of hydrazine groups is 1. The van der Waals surface area contributed by atoms with Crippen LogP contribution >= 0.6 is 11.6 Å².